The van der Waals surface area contributed by atoms with Crippen LogP contribution in [0, 0.1) is 0 Å². The first-order valence-corrected chi connectivity index (χ1v) is 7.25. The first-order valence-electron chi connectivity index (χ1n) is 7.25. The molecule has 0 saturated carbocycles. The topological polar surface area (TPSA) is 34.4 Å². The zero-order valence-electron chi connectivity index (χ0n) is 12.3. The number of hydrogen-bond donors (Lipinski definition) is 1. The first-order chi connectivity index (χ1) is 9.78. The van der Waals surface area contributed by atoms with Crippen LogP contribution in [-0.2, 0) is 13.0 Å². The Bertz CT molecular complexity index is 493. The van der Waals surface area contributed by atoms with Gasteiger partial charge in [-0.3, -0.25) is 0 Å². The van der Waals surface area contributed by atoms with Gasteiger partial charge in [0.05, 0.1) is 12.9 Å². The molecule has 1 aromatic heterocycles. The van der Waals surface area contributed by atoms with Gasteiger partial charge >= 0.3 is 0 Å². The molecule has 0 saturated heterocycles. The minimum atomic E-state index is 0.376. The lowest BCUT2D eigenvalue weighted by atomic mass is 10.1. The van der Waals surface area contributed by atoms with E-state index in [-0.39, 0.29) is 0 Å². The van der Waals surface area contributed by atoms with Gasteiger partial charge in [0.15, 0.2) is 0 Å². The Hall–Kier alpha value is -1.74. The molecule has 0 aliphatic heterocycles. The monoisotopic (exact) mass is 273 g/mol. The number of furan rings is 1. The first kappa shape index (κ1) is 14.7. The van der Waals surface area contributed by atoms with Crippen LogP contribution in [-0.4, -0.2) is 12.6 Å². The Morgan fingerprint density at radius 2 is 2.15 bits per heavy atom. The summed E-state index contributed by atoms with van der Waals surface area (Å²) in [7, 11) is 0. The highest BCUT2D eigenvalue weighted by Gasteiger charge is 2.05. The minimum Gasteiger partial charge on any atom is -0.494 e. The van der Waals surface area contributed by atoms with Crippen LogP contribution in [0.5, 0.6) is 5.75 Å². The van der Waals surface area contributed by atoms with Gasteiger partial charge in [-0.1, -0.05) is 19.1 Å². The van der Waals surface area contributed by atoms with Crippen molar-refractivity contribution >= 4 is 0 Å². The summed E-state index contributed by atoms with van der Waals surface area (Å²) in [6, 6.07) is 12.6. The summed E-state index contributed by atoms with van der Waals surface area (Å²) < 4.78 is 11.0. The van der Waals surface area contributed by atoms with Crippen LogP contribution in [0.4, 0.5) is 0 Å². The SMILES string of the molecule is CCCOc1cccc(CNC(C)Cc2ccco2)c1. The normalized spacial score (nSPS) is 12.3. The molecule has 1 unspecified atom stereocenters. The molecular weight excluding hydrogens is 250 g/mol. The van der Waals surface area contributed by atoms with Crippen LogP contribution < -0.4 is 10.1 Å². The van der Waals surface area contributed by atoms with Crippen LogP contribution in [0.2, 0.25) is 0 Å². The highest BCUT2D eigenvalue weighted by molar-refractivity contribution is 5.28. The number of hydrogen-bond acceptors (Lipinski definition) is 3. The maximum Gasteiger partial charge on any atom is 0.119 e. The van der Waals surface area contributed by atoms with Gasteiger partial charge in [-0.15, -0.1) is 0 Å². The molecule has 0 spiro atoms. The highest BCUT2D eigenvalue weighted by atomic mass is 16.5. The van der Waals surface area contributed by atoms with Crippen LogP contribution in [0.25, 0.3) is 0 Å². The lowest BCUT2D eigenvalue weighted by Crippen LogP contribution is -2.27. The predicted octanol–water partition coefficient (Wildman–Crippen LogP) is 3.79. The van der Waals surface area contributed by atoms with E-state index in [2.05, 4.69) is 31.3 Å². The van der Waals surface area contributed by atoms with E-state index >= 15 is 0 Å². The van der Waals surface area contributed by atoms with Crippen LogP contribution in [0.15, 0.2) is 47.1 Å². The third kappa shape index (κ3) is 4.74. The van der Waals surface area contributed by atoms with Crippen LogP contribution in [0.1, 0.15) is 31.6 Å². The van der Waals surface area contributed by atoms with E-state index in [1.165, 1.54) is 5.56 Å². The van der Waals surface area contributed by atoms with Crippen molar-refractivity contribution in [3.8, 4) is 5.75 Å². The predicted molar refractivity (Wildman–Crippen MR) is 80.9 cm³/mol. The number of ether oxygens (including phenoxy) is 1. The molecule has 0 radical (unpaired) electrons. The summed E-state index contributed by atoms with van der Waals surface area (Å²) in [5.41, 5.74) is 1.24. The van der Waals surface area contributed by atoms with E-state index in [0.29, 0.717) is 6.04 Å². The van der Waals surface area contributed by atoms with Gasteiger partial charge in [-0.25, -0.2) is 0 Å². The Balaban J connectivity index is 1.80. The molecule has 1 N–H and O–H groups in total. The van der Waals surface area contributed by atoms with Crippen molar-refractivity contribution < 1.29 is 9.15 Å². The molecule has 2 rings (SSSR count). The fraction of sp³-hybridized carbons (Fsp3) is 0.412. The van der Waals surface area contributed by atoms with Crippen molar-refractivity contribution in [2.45, 2.75) is 39.3 Å². The average Bonchev–Trinajstić information content (AvgIpc) is 2.96. The van der Waals surface area contributed by atoms with Gasteiger partial charge in [0.2, 0.25) is 0 Å². The zero-order chi connectivity index (χ0) is 14.2. The molecule has 0 fully saturated rings. The molecule has 0 aliphatic carbocycles. The van der Waals surface area contributed by atoms with Crippen molar-refractivity contribution in [2.75, 3.05) is 6.61 Å². The molecular formula is C17H23NO2. The second-order valence-corrected chi connectivity index (χ2v) is 5.06. The third-order valence-corrected chi connectivity index (χ3v) is 3.11. The van der Waals surface area contributed by atoms with Crippen LogP contribution in [0.3, 0.4) is 0 Å². The third-order valence-electron chi connectivity index (χ3n) is 3.11. The van der Waals surface area contributed by atoms with Gasteiger partial charge in [0.1, 0.15) is 11.5 Å². The standard InChI is InChI=1S/C17H23NO2/c1-3-9-19-17-7-4-6-15(12-17)13-18-14(2)11-16-8-5-10-20-16/h4-8,10,12,14,18H,3,9,11,13H2,1-2H3. The molecule has 20 heavy (non-hydrogen) atoms. The molecule has 0 bridgehead atoms. The quantitative estimate of drug-likeness (QED) is 0.794. The molecule has 1 aromatic carbocycles. The summed E-state index contributed by atoms with van der Waals surface area (Å²) >= 11 is 0. The number of benzene rings is 1. The highest BCUT2D eigenvalue weighted by Crippen LogP contribution is 2.14. The maximum atomic E-state index is 5.65. The molecule has 0 amide bonds. The van der Waals surface area contributed by atoms with Crippen molar-refractivity contribution in [1.82, 2.24) is 5.32 Å². The fourth-order valence-electron chi connectivity index (χ4n) is 2.06. The van der Waals surface area contributed by atoms with Gasteiger partial charge in [0, 0.05) is 19.0 Å². The Morgan fingerprint density at radius 1 is 1.25 bits per heavy atom. The summed E-state index contributed by atoms with van der Waals surface area (Å²) in [6.45, 7) is 5.89. The molecule has 1 heterocycles. The largest absolute Gasteiger partial charge is 0.494 e. The Kier molecular flexibility index (Phi) is 5.69. The molecule has 3 heteroatoms. The fourth-order valence-corrected chi connectivity index (χ4v) is 2.06. The van der Waals surface area contributed by atoms with Gasteiger partial charge in [-0.2, -0.15) is 0 Å². The Morgan fingerprint density at radius 3 is 2.90 bits per heavy atom. The van der Waals surface area contributed by atoms with Crippen molar-refractivity contribution in [3.05, 3.63) is 54.0 Å². The summed E-state index contributed by atoms with van der Waals surface area (Å²) in [5, 5.41) is 3.50. The average molecular weight is 273 g/mol. The van der Waals surface area contributed by atoms with E-state index < -0.39 is 0 Å². The molecule has 2 aromatic rings. The van der Waals surface area contributed by atoms with Crippen molar-refractivity contribution in [3.63, 3.8) is 0 Å². The van der Waals surface area contributed by atoms with Gasteiger partial charge < -0.3 is 14.5 Å². The molecule has 0 aliphatic rings. The number of nitrogens with one attached hydrogen (secondary N) is 1. The van der Waals surface area contributed by atoms with E-state index in [9.17, 15) is 0 Å². The molecule has 3 nitrogen and oxygen atoms in total. The molecule has 1 atom stereocenters. The van der Waals surface area contributed by atoms with E-state index in [0.717, 1.165) is 37.5 Å². The maximum absolute atomic E-state index is 5.65. The van der Waals surface area contributed by atoms with Crippen molar-refractivity contribution in [1.29, 1.82) is 0 Å². The number of rotatable bonds is 8. The smallest absolute Gasteiger partial charge is 0.119 e. The van der Waals surface area contributed by atoms with Crippen molar-refractivity contribution in [2.24, 2.45) is 0 Å². The summed E-state index contributed by atoms with van der Waals surface area (Å²) in [4.78, 5) is 0. The summed E-state index contributed by atoms with van der Waals surface area (Å²) in [6.07, 6.45) is 3.65. The summed E-state index contributed by atoms with van der Waals surface area (Å²) in [5.74, 6) is 1.97. The molecule has 108 valence electrons. The lowest BCUT2D eigenvalue weighted by molar-refractivity contribution is 0.317. The van der Waals surface area contributed by atoms with Crippen LogP contribution >= 0.6 is 0 Å². The van der Waals surface area contributed by atoms with E-state index in [1.54, 1.807) is 6.26 Å². The second kappa shape index (κ2) is 7.75. The van der Waals surface area contributed by atoms with E-state index in [4.69, 9.17) is 9.15 Å². The minimum absolute atomic E-state index is 0.376. The van der Waals surface area contributed by atoms with Gasteiger partial charge in [-0.05, 0) is 43.2 Å². The second-order valence-electron chi connectivity index (χ2n) is 5.06. The van der Waals surface area contributed by atoms with E-state index in [1.807, 2.05) is 24.3 Å². The zero-order valence-corrected chi connectivity index (χ0v) is 12.3. The lowest BCUT2D eigenvalue weighted by Gasteiger charge is -2.13. The Labute approximate surface area is 121 Å². The van der Waals surface area contributed by atoms with Gasteiger partial charge in [0.25, 0.3) is 0 Å².